The standard InChI is InChI=1S/C20H30N4O3/c1-16(2)14-23-18(25)20(24(19(23)26)11-12-27-3)6-9-22(10-7-20)15-17-5-4-8-21-13-17/h4-5,8,13,16H,6-7,9-12,14-15H2,1-3H3. The van der Waals surface area contributed by atoms with Gasteiger partial charge in [-0.15, -0.1) is 0 Å². The van der Waals surface area contributed by atoms with Gasteiger partial charge in [-0.2, -0.15) is 0 Å². The van der Waals surface area contributed by atoms with Crippen LogP contribution in [0.2, 0.25) is 0 Å². The number of aromatic nitrogens is 1. The Morgan fingerprint density at radius 1 is 1.26 bits per heavy atom. The van der Waals surface area contributed by atoms with E-state index in [0.717, 1.165) is 19.6 Å². The Labute approximate surface area is 161 Å². The summed E-state index contributed by atoms with van der Waals surface area (Å²) in [5.74, 6) is 0.223. The van der Waals surface area contributed by atoms with Crippen LogP contribution in [0.25, 0.3) is 0 Å². The van der Waals surface area contributed by atoms with Crippen molar-refractivity contribution in [3.05, 3.63) is 30.1 Å². The lowest BCUT2D eigenvalue weighted by atomic mass is 9.85. The van der Waals surface area contributed by atoms with Crippen LogP contribution in [-0.2, 0) is 16.1 Å². The van der Waals surface area contributed by atoms with E-state index in [2.05, 4.69) is 16.0 Å². The van der Waals surface area contributed by atoms with Crippen LogP contribution in [0.15, 0.2) is 24.5 Å². The lowest BCUT2D eigenvalue weighted by Crippen LogP contribution is -2.57. The van der Waals surface area contributed by atoms with Gasteiger partial charge in [-0.05, 0) is 30.4 Å². The molecule has 0 saturated carbocycles. The number of pyridine rings is 1. The van der Waals surface area contributed by atoms with Crippen molar-refractivity contribution in [2.24, 2.45) is 5.92 Å². The third-order valence-electron chi connectivity index (χ3n) is 5.50. The molecule has 0 unspecified atom stereocenters. The van der Waals surface area contributed by atoms with E-state index in [1.54, 1.807) is 18.2 Å². The second-order valence-electron chi connectivity index (χ2n) is 7.91. The lowest BCUT2D eigenvalue weighted by molar-refractivity contribution is -0.136. The summed E-state index contributed by atoms with van der Waals surface area (Å²) in [6.07, 6.45) is 4.98. The van der Waals surface area contributed by atoms with E-state index in [-0.39, 0.29) is 17.9 Å². The molecule has 0 aromatic carbocycles. The first-order chi connectivity index (χ1) is 13.0. The van der Waals surface area contributed by atoms with Gasteiger partial charge in [0, 0.05) is 52.2 Å². The fourth-order valence-electron chi connectivity index (χ4n) is 4.12. The minimum absolute atomic E-state index is 0.0293. The molecule has 0 radical (unpaired) electrons. The zero-order valence-electron chi connectivity index (χ0n) is 16.6. The van der Waals surface area contributed by atoms with E-state index in [9.17, 15) is 9.59 Å². The highest BCUT2D eigenvalue weighted by atomic mass is 16.5. The molecule has 2 aliphatic heterocycles. The van der Waals surface area contributed by atoms with Crippen molar-refractivity contribution < 1.29 is 14.3 Å². The van der Waals surface area contributed by atoms with Gasteiger partial charge < -0.3 is 9.64 Å². The average Bonchev–Trinajstić information content (AvgIpc) is 2.84. The smallest absolute Gasteiger partial charge is 0.327 e. The summed E-state index contributed by atoms with van der Waals surface area (Å²) >= 11 is 0. The molecular weight excluding hydrogens is 344 g/mol. The zero-order chi connectivity index (χ0) is 19.4. The van der Waals surface area contributed by atoms with Crippen LogP contribution in [0, 0.1) is 5.92 Å². The number of likely N-dealkylation sites (tertiary alicyclic amines) is 1. The first kappa shape index (κ1) is 19.8. The molecule has 148 valence electrons. The van der Waals surface area contributed by atoms with Crippen molar-refractivity contribution in [1.29, 1.82) is 0 Å². The molecule has 1 aromatic heterocycles. The second-order valence-corrected chi connectivity index (χ2v) is 7.91. The predicted molar refractivity (Wildman–Crippen MR) is 102 cm³/mol. The van der Waals surface area contributed by atoms with Crippen molar-refractivity contribution >= 4 is 11.9 Å². The SMILES string of the molecule is COCCN1C(=O)N(CC(C)C)C(=O)C12CCN(Cc1cccnc1)CC2. The Morgan fingerprint density at radius 3 is 2.59 bits per heavy atom. The molecule has 27 heavy (non-hydrogen) atoms. The summed E-state index contributed by atoms with van der Waals surface area (Å²) in [6, 6.07) is 3.85. The summed E-state index contributed by atoms with van der Waals surface area (Å²) < 4.78 is 5.20. The topological polar surface area (TPSA) is 66.0 Å². The van der Waals surface area contributed by atoms with Crippen molar-refractivity contribution in [3.8, 4) is 0 Å². The number of hydrogen-bond acceptors (Lipinski definition) is 5. The van der Waals surface area contributed by atoms with Crippen LogP contribution in [0.3, 0.4) is 0 Å². The van der Waals surface area contributed by atoms with Crippen LogP contribution in [0.5, 0.6) is 0 Å². The molecule has 0 atom stereocenters. The molecule has 0 N–H and O–H groups in total. The summed E-state index contributed by atoms with van der Waals surface area (Å²) in [5, 5.41) is 0. The number of rotatable bonds is 7. The average molecular weight is 374 g/mol. The molecule has 3 rings (SSSR count). The normalized spacial score (nSPS) is 20.3. The minimum atomic E-state index is -0.712. The van der Waals surface area contributed by atoms with Crippen LogP contribution < -0.4 is 0 Å². The molecule has 7 heteroatoms. The minimum Gasteiger partial charge on any atom is -0.383 e. The van der Waals surface area contributed by atoms with Gasteiger partial charge >= 0.3 is 6.03 Å². The number of methoxy groups -OCH3 is 1. The first-order valence-corrected chi connectivity index (χ1v) is 9.71. The summed E-state index contributed by atoms with van der Waals surface area (Å²) in [5.41, 5.74) is 0.454. The zero-order valence-corrected chi connectivity index (χ0v) is 16.6. The second kappa shape index (κ2) is 8.35. The molecular formula is C20H30N4O3. The van der Waals surface area contributed by atoms with Gasteiger partial charge in [-0.25, -0.2) is 4.79 Å². The van der Waals surface area contributed by atoms with Gasteiger partial charge in [0.1, 0.15) is 5.54 Å². The molecule has 3 heterocycles. The number of carbonyl (C=O) groups is 2. The Balaban J connectivity index is 1.73. The van der Waals surface area contributed by atoms with Gasteiger partial charge in [-0.1, -0.05) is 19.9 Å². The maximum absolute atomic E-state index is 13.3. The molecule has 0 aliphatic carbocycles. The maximum Gasteiger partial charge on any atom is 0.327 e. The van der Waals surface area contributed by atoms with Gasteiger partial charge in [0.15, 0.2) is 0 Å². The number of amides is 3. The highest BCUT2D eigenvalue weighted by Gasteiger charge is 2.57. The van der Waals surface area contributed by atoms with Crippen LogP contribution in [0.4, 0.5) is 4.79 Å². The van der Waals surface area contributed by atoms with Crippen molar-refractivity contribution in [2.45, 2.75) is 38.8 Å². The van der Waals surface area contributed by atoms with Crippen molar-refractivity contribution in [3.63, 3.8) is 0 Å². The van der Waals surface area contributed by atoms with E-state index in [1.165, 1.54) is 10.5 Å². The summed E-state index contributed by atoms with van der Waals surface area (Å²) in [7, 11) is 1.62. The highest BCUT2D eigenvalue weighted by Crippen LogP contribution is 2.37. The van der Waals surface area contributed by atoms with E-state index >= 15 is 0 Å². The fraction of sp³-hybridized carbons (Fsp3) is 0.650. The molecule has 2 aliphatic rings. The Morgan fingerprint density at radius 2 is 2.00 bits per heavy atom. The molecule has 1 aromatic rings. The van der Waals surface area contributed by atoms with E-state index < -0.39 is 5.54 Å². The van der Waals surface area contributed by atoms with Crippen molar-refractivity contribution in [1.82, 2.24) is 19.7 Å². The van der Waals surface area contributed by atoms with Gasteiger partial charge in [0.25, 0.3) is 5.91 Å². The summed E-state index contributed by atoms with van der Waals surface area (Å²) in [4.78, 5) is 35.9. The van der Waals surface area contributed by atoms with E-state index in [0.29, 0.717) is 32.5 Å². The Kier molecular flexibility index (Phi) is 6.11. The Hall–Kier alpha value is -1.99. The quantitative estimate of drug-likeness (QED) is 0.683. The Bertz CT molecular complexity index is 656. The molecule has 7 nitrogen and oxygen atoms in total. The molecule has 2 saturated heterocycles. The number of imide groups is 1. The van der Waals surface area contributed by atoms with Gasteiger partial charge in [0.05, 0.1) is 6.61 Å². The lowest BCUT2D eigenvalue weighted by Gasteiger charge is -2.42. The van der Waals surface area contributed by atoms with E-state index in [4.69, 9.17) is 4.74 Å². The monoisotopic (exact) mass is 374 g/mol. The predicted octanol–water partition coefficient (Wildman–Crippen LogP) is 1.98. The van der Waals surface area contributed by atoms with Gasteiger partial charge in [-0.3, -0.25) is 19.6 Å². The largest absolute Gasteiger partial charge is 0.383 e. The van der Waals surface area contributed by atoms with Crippen LogP contribution in [-0.4, -0.2) is 77.1 Å². The summed E-state index contributed by atoms with van der Waals surface area (Å²) in [6.45, 7) is 7.82. The first-order valence-electron chi connectivity index (χ1n) is 9.71. The number of nitrogens with zero attached hydrogens (tertiary/aromatic N) is 4. The molecule has 2 fully saturated rings. The number of ether oxygens (including phenoxy) is 1. The maximum atomic E-state index is 13.3. The van der Waals surface area contributed by atoms with Crippen LogP contribution in [0.1, 0.15) is 32.3 Å². The fourth-order valence-corrected chi connectivity index (χ4v) is 4.12. The molecule has 1 spiro atoms. The highest BCUT2D eigenvalue weighted by molar-refractivity contribution is 6.07. The number of urea groups is 1. The van der Waals surface area contributed by atoms with Crippen LogP contribution >= 0.6 is 0 Å². The molecule has 0 bridgehead atoms. The third-order valence-corrected chi connectivity index (χ3v) is 5.50. The van der Waals surface area contributed by atoms with E-state index in [1.807, 2.05) is 26.1 Å². The number of piperidine rings is 1. The third kappa shape index (κ3) is 3.99. The van der Waals surface area contributed by atoms with Gasteiger partial charge in [0.2, 0.25) is 0 Å². The molecule has 3 amide bonds. The number of carbonyl (C=O) groups excluding carboxylic acids is 2. The van der Waals surface area contributed by atoms with Crippen molar-refractivity contribution in [2.75, 3.05) is 39.9 Å². The number of hydrogen-bond donors (Lipinski definition) is 0.